The highest BCUT2D eigenvalue weighted by Gasteiger charge is 2.35. The number of methoxy groups -OCH3 is 1. The monoisotopic (exact) mass is 547 g/mol. The lowest BCUT2D eigenvalue weighted by Gasteiger charge is -2.15. The normalized spacial score (nSPS) is 19.9. The number of aromatic nitrogens is 4. The Labute approximate surface area is 220 Å². The van der Waals surface area contributed by atoms with Crippen molar-refractivity contribution in [3.05, 3.63) is 36.0 Å². The molecule has 3 aromatic rings. The Hall–Kier alpha value is -3.22. The van der Waals surface area contributed by atoms with Crippen LogP contribution in [0.15, 0.2) is 35.6 Å². The summed E-state index contributed by atoms with van der Waals surface area (Å²) in [6.07, 6.45) is 3.09. The van der Waals surface area contributed by atoms with E-state index in [4.69, 9.17) is 19.7 Å². The van der Waals surface area contributed by atoms with Gasteiger partial charge >= 0.3 is 8.80 Å². The second-order valence-corrected chi connectivity index (χ2v) is 11.1. The fraction of sp³-hybridized carbons (Fsp3) is 0.455. The number of benzene rings is 1. The molecule has 8 N–H and O–H groups in total. The van der Waals surface area contributed by atoms with E-state index in [9.17, 15) is 14.7 Å². The van der Waals surface area contributed by atoms with E-state index in [1.807, 2.05) is 35.0 Å². The smallest absolute Gasteiger partial charge is 0.390 e. The topological polar surface area (TPSA) is 206 Å². The molecule has 0 bridgehead atoms. The van der Waals surface area contributed by atoms with Crippen molar-refractivity contribution in [2.24, 2.45) is 10.9 Å². The van der Waals surface area contributed by atoms with E-state index in [-0.39, 0.29) is 36.2 Å². The summed E-state index contributed by atoms with van der Waals surface area (Å²) >= 11 is 0. The summed E-state index contributed by atoms with van der Waals surface area (Å²) in [6, 6.07) is 7.97. The van der Waals surface area contributed by atoms with Gasteiger partial charge in [0.2, 0.25) is 17.8 Å². The van der Waals surface area contributed by atoms with Crippen LogP contribution in [0.4, 0.5) is 17.8 Å². The zero-order valence-electron chi connectivity index (χ0n) is 21.1. The van der Waals surface area contributed by atoms with Crippen LogP contribution in [-0.2, 0) is 13.9 Å². The van der Waals surface area contributed by atoms with E-state index in [1.165, 1.54) is 7.11 Å². The third kappa shape index (κ3) is 6.80. The first kappa shape index (κ1) is 27.8. The molecular formula is C22H33N9O6Si. The number of nitrogens with zero attached hydrogens (tertiary/aromatic N) is 5. The molecule has 0 radical (unpaired) electrons. The van der Waals surface area contributed by atoms with Crippen molar-refractivity contribution in [1.82, 2.24) is 19.5 Å². The quantitative estimate of drug-likeness (QED) is 0.0503. The minimum absolute atomic E-state index is 0.115. The van der Waals surface area contributed by atoms with Crippen molar-refractivity contribution in [3.63, 3.8) is 0 Å². The summed E-state index contributed by atoms with van der Waals surface area (Å²) in [7, 11) is -0.768. The number of hydrazone groups is 1. The maximum atomic E-state index is 10.4. The molecule has 1 fully saturated rings. The van der Waals surface area contributed by atoms with Crippen LogP contribution in [0.1, 0.15) is 24.6 Å². The minimum atomic E-state index is -3.62. The molecule has 1 aliphatic heterocycles. The van der Waals surface area contributed by atoms with Gasteiger partial charge in [-0.1, -0.05) is 18.2 Å². The number of aliphatic hydroxyl groups is 1. The molecule has 0 amide bonds. The Kier molecular flexibility index (Phi) is 9.18. The van der Waals surface area contributed by atoms with Gasteiger partial charge in [0.05, 0.1) is 24.4 Å². The van der Waals surface area contributed by atoms with E-state index in [1.54, 1.807) is 13.3 Å². The summed E-state index contributed by atoms with van der Waals surface area (Å²) in [4.78, 5) is 31.8. The number of ether oxygens (including phenoxy) is 2. The van der Waals surface area contributed by atoms with Crippen molar-refractivity contribution in [2.75, 3.05) is 43.5 Å². The standard InChI is InChI=1S/C22H33N9O6Si/c1-35-13-18-17(32)10-19(37-18)31-12-14(15-6-3-4-7-16(15)31)11-25-30-22-27-20(26-21(28-22)29-23)24-8-5-9-38(33,34)36-2/h3-4,6-7,11-12,17-19,32-34H,5,8-10,13,23H2,1-2H3,(H3,24,26,27,28,29,30)/t17?,18-,19-/m1/s1. The molecule has 1 unspecified atom stereocenters. The van der Waals surface area contributed by atoms with E-state index >= 15 is 0 Å². The van der Waals surface area contributed by atoms with Crippen LogP contribution in [0.2, 0.25) is 6.04 Å². The fourth-order valence-corrected chi connectivity index (χ4v) is 4.96. The molecule has 2 aromatic heterocycles. The van der Waals surface area contributed by atoms with Gasteiger partial charge in [0.15, 0.2) is 0 Å². The lowest BCUT2D eigenvalue weighted by Crippen LogP contribution is -2.37. The second kappa shape index (κ2) is 12.5. The van der Waals surface area contributed by atoms with Crippen molar-refractivity contribution >= 4 is 43.8 Å². The Balaban J connectivity index is 1.46. The number of hydrazine groups is 1. The van der Waals surface area contributed by atoms with Gasteiger partial charge in [-0.3, -0.25) is 5.43 Å². The first-order valence-corrected chi connectivity index (χ1v) is 14.0. The van der Waals surface area contributed by atoms with E-state index in [0.717, 1.165) is 16.5 Å². The average molecular weight is 548 g/mol. The highest BCUT2D eigenvalue weighted by molar-refractivity contribution is 6.57. The molecule has 16 heteroatoms. The van der Waals surface area contributed by atoms with Crippen LogP contribution in [0.5, 0.6) is 0 Å². The number of anilines is 3. The molecule has 206 valence electrons. The summed E-state index contributed by atoms with van der Waals surface area (Å²) in [5.41, 5.74) is 6.93. The Bertz CT molecular complexity index is 1240. The molecule has 0 spiro atoms. The van der Waals surface area contributed by atoms with E-state index in [0.29, 0.717) is 26.0 Å². The van der Waals surface area contributed by atoms with Gasteiger partial charge in [-0.05, 0) is 12.5 Å². The predicted molar refractivity (Wildman–Crippen MR) is 142 cm³/mol. The van der Waals surface area contributed by atoms with Gasteiger partial charge in [0.1, 0.15) is 12.3 Å². The van der Waals surface area contributed by atoms with Crippen LogP contribution in [0, 0.1) is 0 Å². The minimum Gasteiger partial charge on any atom is -0.390 e. The summed E-state index contributed by atoms with van der Waals surface area (Å²) in [5, 5.41) is 18.6. The van der Waals surface area contributed by atoms with Gasteiger partial charge in [-0.25, -0.2) is 11.3 Å². The molecular weight excluding hydrogens is 514 g/mol. The van der Waals surface area contributed by atoms with Gasteiger partial charge < -0.3 is 38.5 Å². The Morgan fingerprint density at radius 1 is 1.21 bits per heavy atom. The number of nitrogens with two attached hydrogens (primary N) is 1. The summed E-state index contributed by atoms with van der Waals surface area (Å²) in [6.45, 7) is 0.689. The average Bonchev–Trinajstić information content (AvgIpc) is 3.47. The molecule has 1 aromatic carbocycles. The molecule has 0 saturated carbocycles. The maximum absolute atomic E-state index is 10.4. The number of hydrogen-bond donors (Lipinski definition) is 7. The van der Waals surface area contributed by atoms with Crippen LogP contribution in [0.3, 0.4) is 0 Å². The lowest BCUT2D eigenvalue weighted by atomic mass is 10.2. The molecule has 3 heterocycles. The summed E-state index contributed by atoms with van der Waals surface area (Å²) < 4.78 is 17.9. The predicted octanol–water partition coefficient (Wildman–Crippen LogP) is 0.225. The van der Waals surface area contributed by atoms with Gasteiger partial charge in [-0.15, -0.1) is 0 Å². The van der Waals surface area contributed by atoms with E-state index in [2.05, 4.69) is 36.2 Å². The van der Waals surface area contributed by atoms with Crippen molar-refractivity contribution in [3.8, 4) is 0 Å². The Morgan fingerprint density at radius 2 is 1.97 bits per heavy atom. The number of fused-ring (bicyclic) bond motifs is 1. The van der Waals surface area contributed by atoms with Gasteiger partial charge in [0.25, 0.3) is 0 Å². The fourth-order valence-electron chi connectivity index (χ4n) is 4.12. The van der Waals surface area contributed by atoms with Crippen molar-refractivity contribution in [1.29, 1.82) is 0 Å². The van der Waals surface area contributed by atoms with Crippen LogP contribution < -0.4 is 22.0 Å². The number of para-hydroxylation sites is 1. The molecule has 0 aliphatic carbocycles. The number of nitrogen functional groups attached to an aromatic ring is 1. The third-order valence-corrected chi connectivity index (χ3v) is 7.70. The lowest BCUT2D eigenvalue weighted by molar-refractivity contribution is -0.0520. The largest absolute Gasteiger partial charge is 0.495 e. The third-order valence-electron chi connectivity index (χ3n) is 6.04. The molecule has 3 atom stereocenters. The molecule has 15 nitrogen and oxygen atoms in total. The van der Waals surface area contributed by atoms with Crippen LogP contribution >= 0.6 is 0 Å². The highest BCUT2D eigenvalue weighted by atomic mass is 28.4. The first-order valence-electron chi connectivity index (χ1n) is 12.0. The molecule has 38 heavy (non-hydrogen) atoms. The van der Waals surface area contributed by atoms with Crippen molar-refractivity contribution < 1.29 is 28.6 Å². The number of nitrogens with one attached hydrogen (secondary N) is 3. The van der Waals surface area contributed by atoms with Gasteiger partial charge in [-0.2, -0.15) is 20.1 Å². The van der Waals surface area contributed by atoms with E-state index < -0.39 is 14.9 Å². The van der Waals surface area contributed by atoms with Crippen LogP contribution in [-0.4, -0.2) is 88.8 Å². The number of aliphatic hydroxyl groups excluding tert-OH is 1. The zero-order valence-corrected chi connectivity index (χ0v) is 22.1. The molecule has 4 rings (SSSR count). The van der Waals surface area contributed by atoms with Crippen LogP contribution in [0.25, 0.3) is 10.9 Å². The molecule has 1 saturated heterocycles. The second-order valence-electron chi connectivity index (χ2n) is 8.69. The Morgan fingerprint density at radius 3 is 2.74 bits per heavy atom. The zero-order chi connectivity index (χ0) is 27.1. The highest BCUT2D eigenvalue weighted by Crippen LogP contribution is 2.33. The SMILES string of the molecule is COC[C@H]1O[C@@H](n2cc(C=NNc3nc(NN)nc(NCCC[Si](O)(O)OC)n3)c3ccccc32)CC1O. The maximum Gasteiger partial charge on any atom is 0.495 e. The summed E-state index contributed by atoms with van der Waals surface area (Å²) in [5.74, 6) is 5.97. The number of rotatable bonds is 13. The van der Waals surface area contributed by atoms with Gasteiger partial charge in [0, 0.05) is 50.4 Å². The number of hydrogen-bond acceptors (Lipinski definition) is 14. The molecule has 1 aliphatic rings. The first-order chi connectivity index (χ1) is 18.3. The van der Waals surface area contributed by atoms with Crippen molar-refractivity contribution in [2.45, 2.75) is 37.3 Å².